The molecule has 0 unspecified atom stereocenters. The molecule has 8 heteroatoms. The third-order valence-electron chi connectivity index (χ3n) is 3.17. The van der Waals surface area contributed by atoms with Crippen molar-refractivity contribution in [3.63, 3.8) is 0 Å². The second-order valence-corrected chi connectivity index (χ2v) is 5.18. The summed E-state index contributed by atoms with van der Waals surface area (Å²) in [6.45, 7) is 1.97. The number of H-pyrrole nitrogens is 1. The molecule has 0 amide bonds. The number of aryl methyl sites for hydroxylation is 1. The molecule has 1 N–H and O–H groups in total. The Morgan fingerprint density at radius 3 is 2.88 bits per heavy atom. The minimum Gasteiger partial charge on any atom is -0.457 e. The van der Waals surface area contributed by atoms with E-state index in [1.54, 1.807) is 47.3 Å². The molecular weight excluding hydrogens is 328 g/mol. The van der Waals surface area contributed by atoms with Crippen LogP contribution in [-0.2, 0) is 6.42 Å². The number of aromatic amines is 1. The summed E-state index contributed by atoms with van der Waals surface area (Å²) in [5.41, 5.74) is 0.831. The van der Waals surface area contributed by atoms with Gasteiger partial charge in [0.25, 0.3) is 0 Å². The molecule has 0 aliphatic heterocycles. The Kier molecular flexibility index (Phi) is 4.66. The van der Waals surface area contributed by atoms with E-state index in [2.05, 4.69) is 15.3 Å². The van der Waals surface area contributed by atoms with Crippen molar-refractivity contribution in [3.8, 4) is 5.75 Å². The van der Waals surface area contributed by atoms with Crippen molar-refractivity contribution in [2.75, 3.05) is 0 Å². The highest BCUT2D eigenvalue weighted by atomic mass is 32.1. The number of aromatic nitrogens is 3. The molecule has 0 spiro atoms. The van der Waals surface area contributed by atoms with Crippen LogP contribution in [0.5, 0.6) is 5.75 Å². The number of hydrogen-bond acceptors (Lipinski definition) is 6. The lowest BCUT2D eigenvalue weighted by atomic mass is 10.2. The molecule has 0 radical (unpaired) electrons. The van der Waals surface area contributed by atoms with Gasteiger partial charge in [-0.2, -0.15) is 14.9 Å². The Morgan fingerprint density at radius 2 is 2.21 bits per heavy atom. The van der Waals surface area contributed by atoms with Crippen molar-refractivity contribution < 1.29 is 13.9 Å². The summed E-state index contributed by atoms with van der Waals surface area (Å²) >= 11 is 5.13. The smallest absolute Gasteiger partial charge is 0.379 e. The fourth-order valence-corrected chi connectivity index (χ4v) is 2.17. The van der Waals surface area contributed by atoms with Gasteiger partial charge in [0.1, 0.15) is 5.75 Å². The van der Waals surface area contributed by atoms with Crippen molar-refractivity contribution in [1.29, 1.82) is 0 Å². The van der Waals surface area contributed by atoms with Crippen LogP contribution in [0.25, 0.3) is 0 Å². The average Bonchev–Trinajstić information content (AvgIpc) is 3.24. The zero-order chi connectivity index (χ0) is 16.9. The van der Waals surface area contributed by atoms with Gasteiger partial charge in [-0.3, -0.25) is 5.10 Å². The molecule has 0 aliphatic carbocycles. The number of ether oxygens (including phenoxy) is 1. The van der Waals surface area contributed by atoms with Crippen molar-refractivity contribution in [3.05, 3.63) is 64.6 Å². The maximum absolute atomic E-state index is 11.8. The maximum atomic E-state index is 11.8. The zero-order valence-electron chi connectivity index (χ0n) is 12.8. The Balaban J connectivity index is 1.70. The standard InChI is InChI=1S/C16H14N4O3S/c1-2-14-18-19-16(24)20(14)17-10-11-5-7-12(8-6-11)23-15(21)13-4-3-9-22-13/h3-10H,2H2,1H3,(H,19,24)/b17-10+. The summed E-state index contributed by atoms with van der Waals surface area (Å²) in [5.74, 6) is 0.781. The number of nitrogens with one attached hydrogen (secondary N) is 1. The molecule has 3 rings (SSSR count). The van der Waals surface area contributed by atoms with Gasteiger partial charge in [-0.05, 0) is 54.2 Å². The van der Waals surface area contributed by atoms with E-state index in [-0.39, 0.29) is 5.76 Å². The van der Waals surface area contributed by atoms with Gasteiger partial charge in [-0.25, -0.2) is 4.79 Å². The van der Waals surface area contributed by atoms with Gasteiger partial charge in [-0.15, -0.1) is 0 Å². The largest absolute Gasteiger partial charge is 0.457 e. The van der Waals surface area contributed by atoms with Crippen LogP contribution in [0.1, 0.15) is 28.9 Å². The Bertz CT molecular complexity index is 908. The molecule has 122 valence electrons. The van der Waals surface area contributed by atoms with E-state index in [9.17, 15) is 4.79 Å². The van der Waals surface area contributed by atoms with Crippen LogP contribution < -0.4 is 4.74 Å². The third kappa shape index (κ3) is 3.49. The number of benzene rings is 1. The first-order valence-electron chi connectivity index (χ1n) is 7.23. The molecule has 1 aromatic carbocycles. The van der Waals surface area contributed by atoms with Gasteiger partial charge in [-0.1, -0.05) is 6.92 Å². The first-order valence-corrected chi connectivity index (χ1v) is 7.64. The van der Waals surface area contributed by atoms with E-state index in [4.69, 9.17) is 21.4 Å². The summed E-state index contributed by atoms with van der Waals surface area (Å²) in [5, 5.41) is 11.1. The number of nitrogens with zero attached hydrogens (tertiary/aromatic N) is 3. The average molecular weight is 342 g/mol. The lowest BCUT2D eigenvalue weighted by Gasteiger charge is -2.02. The quantitative estimate of drug-likeness (QED) is 0.333. The fourth-order valence-electron chi connectivity index (χ4n) is 1.97. The third-order valence-corrected chi connectivity index (χ3v) is 3.43. The van der Waals surface area contributed by atoms with Gasteiger partial charge in [0, 0.05) is 6.42 Å². The van der Waals surface area contributed by atoms with Gasteiger partial charge >= 0.3 is 5.97 Å². The Hall–Kier alpha value is -3.00. The number of hydrogen-bond donors (Lipinski definition) is 1. The molecule has 7 nitrogen and oxygen atoms in total. The van der Waals surface area contributed by atoms with E-state index in [1.165, 1.54) is 6.26 Å². The molecule has 3 aromatic rings. The molecule has 0 saturated carbocycles. The Morgan fingerprint density at radius 1 is 1.42 bits per heavy atom. The summed E-state index contributed by atoms with van der Waals surface area (Å²) < 4.78 is 12.2. The fraction of sp³-hybridized carbons (Fsp3) is 0.125. The van der Waals surface area contributed by atoms with Gasteiger partial charge < -0.3 is 9.15 Å². The molecule has 24 heavy (non-hydrogen) atoms. The number of esters is 1. The summed E-state index contributed by atoms with van der Waals surface area (Å²) in [4.78, 5) is 11.8. The monoisotopic (exact) mass is 342 g/mol. The van der Waals surface area contributed by atoms with Crippen LogP contribution in [0.4, 0.5) is 0 Å². The first-order chi connectivity index (χ1) is 11.7. The maximum Gasteiger partial charge on any atom is 0.379 e. The number of carbonyl (C=O) groups excluding carboxylic acids is 1. The van der Waals surface area contributed by atoms with Gasteiger partial charge in [0.05, 0.1) is 12.5 Å². The number of carbonyl (C=O) groups is 1. The molecule has 0 bridgehead atoms. The normalized spacial score (nSPS) is 11.0. The minimum absolute atomic E-state index is 0.155. The van der Waals surface area contributed by atoms with E-state index >= 15 is 0 Å². The second-order valence-electron chi connectivity index (χ2n) is 4.79. The van der Waals surface area contributed by atoms with E-state index < -0.39 is 5.97 Å². The molecule has 0 aliphatic rings. The zero-order valence-corrected chi connectivity index (χ0v) is 13.6. The molecule has 0 atom stereocenters. The molecular formula is C16H14N4O3S. The van der Waals surface area contributed by atoms with Crippen LogP contribution in [-0.4, -0.2) is 27.1 Å². The van der Waals surface area contributed by atoms with Gasteiger partial charge in [0.2, 0.25) is 10.5 Å². The van der Waals surface area contributed by atoms with Crippen LogP contribution in [0, 0.1) is 4.77 Å². The molecule has 0 fully saturated rings. The minimum atomic E-state index is -0.543. The Labute approximate surface area is 142 Å². The summed E-state index contributed by atoms with van der Waals surface area (Å²) in [7, 11) is 0. The van der Waals surface area contributed by atoms with Crippen LogP contribution >= 0.6 is 12.2 Å². The van der Waals surface area contributed by atoms with E-state index in [0.717, 1.165) is 11.4 Å². The van der Waals surface area contributed by atoms with Crippen LogP contribution in [0.3, 0.4) is 0 Å². The van der Waals surface area contributed by atoms with Crippen molar-refractivity contribution in [2.45, 2.75) is 13.3 Å². The highest BCUT2D eigenvalue weighted by molar-refractivity contribution is 7.71. The number of furan rings is 1. The van der Waals surface area contributed by atoms with Gasteiger partial charge in [0.15, 0.2) is 5.82 Å². The molecule has 2 aromatic heterocycles. The van der Waals surface area contributed by atoms with Crippen LogP contribution in [0.15, 0.2) is 52.2 Å². The molecule has 2 heterocycles. The highest BCUT2D eigenvalue weighted by Crippen LogP contribution is 2.14. The second kappa shape index (κ2) is 7.05. The lowest BCUT2D eigenvalue weighted by Crippen LogP contribution is -2.07. The summed E-state index contributed by atoms with van der Waals surface area (Å²) in [6.07, 6.45) is 3.79. The topological polar surface area (TPSA) is 85.4 Å². The van der Waals surface area contributed by atoms with Crippen molar-refractivity contribution in [2.24, 2.45) is 5.10 Å². The van der Waals surface area contributed by atoms with E-state index in [0.29, 0.717) is 16.9 Å². The highest BCUT2D eigenvalue weighted by Gasteiger charge is 2.10. The van der Waals surface area contributed by atoms with Crippen molar-refractivity contribution >= 4 is 24.4 Å². The van der Waals surface area contributed by atoms with Crippen LogP contribution in [0.2, 0.25) is 0 Å². The predicted octanol–water partition coefficient (Wildman–Crippen LogP) is 3.20. The van der Waals surface area contributed by atoms with E-state index in [1.807, 2.05) is 6.92 Å². The lowest BCUT2D eigenvalue weighted by molar-refractivity contribution is 0.0701. The first kappa shape index (κ1) is 15.9. The predicted molar refractivity (Wildman–Crippen MR) is 89.9 cm³/mol. The SMILES string of the molecule is CCc1n[nH]c(=S)n1/N=C/c1ccc(OC(=O)c2ccco2)cc1. The summed E-state index contributed by atoms with van der Waals surface area (Å²) in [6, 6.07) is 10.1. The number of rotatable bonds is 5. The van der Waals surface area contributed by atoms with Crippen molar-refractivity contribution in [1.82, 2.24) is 14.9 Å². The molecule has 0 saturated heterocycles.